The molecule has 5 nitrogen and oxygen atoms in total. The van der Waals surface area contributed by atoms with Gasteiger partial charge in [-0.3, -0.25) is 9.59 Å². The largest absolute Gasteiger partial charge is 0.415 e. The number of hydrogen-bond donors (Lipinski definition) is 2. The molecule has 1 aromatic rings. The number of nitrogens with two attached hydrogens (primary N) is 1. The zero-order chi connectivity index (χ0) is 20.6. The molecule has 0 saturated heterocycles. The molecule has 27 heavy (non-hydrogen) atoms. The number of nitrogens with zero attached hydrogens (tertiary/aromatic N) is 1. The third-order valence-corrected chi connectivity index (χ3v) is 3.72. The SMILES string of the molecule is C=C(/C=C(\Nc1cccc(/C(N)=N/C(=O)SC)c1)C(=O)CCC)C(F)(F)F. The van der Waals surface area contributed by atoms with Gasteiger partial charge < -0.3 is 11.1 Å². The third kappa shape index (κ3) is 7.30. The van der Waals surface area contributed by atoms with Crippen LogP contribution < -0.4 is 11.1 Å². The van der Waals surface area contributed by atoms with Crippen LogP contribution >= 0.6 is 11.8 Å². The van der Waals surface area contributed by atoms with Gasteiger partial charge in [0.15, 0.2) is 5.78 Å². The highest BCUT2D eigenvalue weighted by atomic mass is 32.2. The number of amidine groups is 1. The lowest BCUT2D eigenvalue weighted by molar-refractivity contribution is -0.115. The summed E-state index contributed by atoms with van der Waals surface area (Å²) in [7, 11) is 0. The third-order valence-electron chi connectivity index (χ3n) is 3.28. The van der Waals surface area contributed by atoms with Crippen LogP contribution in [0.5, 0.6) is 0 Å². The molecule has 0 atom stereocenters. The maximum Gasteiger partial charge on any atom is 0.415 e. The van der Waals surface area contributed by atoms with E-state index in [1.165, 1.54) is 6.07 Å². The molecule has 0 heterocycles. The number of ketones is 1. The Balaban J connectivity index is 3.19. The van der Waals surface area contributed by atoms with Gasteiger partial charge in [0.05, 0.1) is 11.3 Å². The standard InChI is InChI=1S/C18H20F3N3O2S/c1-4-6-15(25)14(9-11(2)18(19,20)21)23-13-8-5-7-12(10-13)16(22)24-17(26)27-3/h5,7-10,23H,2,4,6H2,1,3H3,(H2,22,24,26)/b14-9-. The van der Waals surface area contributed by atoms with E-state index in [9.17, 15) is 22.8 Å². The Morgan fingerprint density at radius 3 is 2.59 bits per heavy atom. The molecule has 1 aromatic carbocycles. The Morgan fingerprint density at radius 2 is 2.04 bits per heavy atom. The van der Waals surface area contributed by atoms with Crippen LogP contribution in [0.4, 0.5) is 23.7 Å². The number of aliphatic imine (C=N–C) groups is 1. The summed E-state index contributed by atoms with van der Waals surface area (Å²) in [5.41, 5.74) is 5.10. The molecule has 0 aliphatic carbocycles. The van der Waals surface area contributed by atoms with Crippen molar-refractivity contribution in [1.29, 1.82) is 0 Å². The van der Waals surface area contributed by atoms with Crippen molar-refractivity contribution in [2.45, 2.75) is 25.9 Å². The van der Waals surface area contributed by atoms with Crippen molar-refractivity contribution in [3.05, 3.63) is 53.8 Å². The molecule has 0 fully saturated rings. The Hall–Kier alpha value is -2.55. The molecule has 0 aliphatic heterocycles. The first-order valence-corrected chi connectivity index (χ1v) is 9.11. The summed E-state index contributed by atoms with van der Waals surface area (Å²) in [4.78, 5) is 27.2. The Kier molecular flexibility index (Phi) is 8.30. The summed E-state index contributed by atoms with van der Waals surface area (Å²) in [5, 5.41) is 2.20. The quantitative estimate of drug-likeness (QED) is 0.302. The number of alkyl halides is 3. The summed E-state index contributed by atoms with van der Waals surface area (Å²) < 4.78 is 38.3. The van der Waals surface area contributed by atoms with Crippen molar-refractivity contribution in [3.8, 4) is 0 Å². The first-order chi connectivity index (χ1) is 12.6. The molecule has 0 saturated carbocycles. The minimum atomic E-state index is -4.64. The van der Waals surface area contributed by atoms with Crippen molar-refractivity contribution >= 4 is 34.3 Å². The fraction of sp³-hybridized carbons (Fsp3) is 0.278. The number of nitrogens with one attached hydrogen (secondary N) is 1. The average Bonchev–Trinajstić information content (AvgIpc) is 2.60. The molecule has 0 aliphatic rings. The Labute approximate surface area is 159 Å². The number of carbonyl (C=O) groups is 2. The van der Waals surface area contributed by atoms with E-state index in [0.717, 1.165) is 11.8 Å². The molecule has 0 unspecified atom stereocenters. The van der Waals surface area contributed by atoms with E-state index in [0.29, 0.717) is 23.7 Å². The van der Waals surface area contributed by atoms with Crippen molar-refractivity contribution in [2.24, 2.45) is 10.7 Å². The lowest BCUT2D eigenvalue weighted by atomic mass is 10.1. The first-order valence-electron chi connectivity index (χ1n) is 7.89. The molecule has 0 bridgehead atoms. The number of allylic oxidation sites excluding steroid dienone is 3. The van der Waals surface area contributed by atoms with Gasteiger partial charge in [-0.2, -0.15) is 18.2 Å². The van der Waals surface area contributed by atoms with E-state index in [-0.39, 0.29) is 18.0 Å². The average molecular weight is 399 g/mol. The summed E-state index contributed by atoms with van der Waals surface area (Å²) >= 11 is 0.889. The van der Waals surface area contributed by atoms with E-state index >= 15 is 0 Å². The molecule has 0 radical (unpaired) electrons. The summed E-state index contributed by atoms with van der Waals surface area (Å²) in [6.45, 7) is 4.71. The van der Waals surface area contributed by atoms with Crippen LogP contribution in [0.1, 0.15) is 25.3 Å². The normalized spacial score (nSPS) is 12.6. The minimum absolute atomic E-state index is 0.0388. The van der Waals surface area contributed by atoms with E-state index in [2.05, 4.69) is 16.9 Å². The Bertz CT molecular complexity index is 786. The van der Waals surface area contributed by atoms with Gasteiger partial charge >= 0.3 is 11.4 Å². The molecule has 0 spiro atoms. The fourth-order valence-electron chi connectivity index (χ4n) is 1.92. The molecule has 1 rings (SSSR count). The monoisotopic (exact) mass is 399 g/mol. The van der Waals surface area contributed by atoms with Gasteiger partial charge in [-0.1, -0.05) is 37.4 Å². The van der Waals surface area contributed by atoms with Crippen LogP contribution in [0.15, 0.2) is 53.2 Å². The van der Waals surface area contributed by atoms with Crippen LogP contribution in [0, 0.1) is 0 Å². The zero-order valence-corrected chi connectivity index (χ0v) is 15.7. The Morgan fingerprint density at radius 1 is 1.37 bits per heavy atom. The van der Waals surface area contributed by atoms with Gasteiger partial charge in [0.2, 0.25) is 0 Å². The molecular weight excluding hydrogens is 379 g/mol. The highest BCUT2D eigenvalue weighted by molar-refractivity contribution is 8.13. The van der Waals surface area contributed by atoms with Crippen LogP contribution in [0.2, 0.25) is 0 Å². The van der Waals surface area contributed by atoms with Gasteiger partial charge in [0.1, 0.15) is 5.84 Å². The van der Waals surface area contributed by atoms with E-state index in [4.69, 9.17) is 5.73 Å². The number of halogens is 3. The number of amides is 1. The lowest BCUT2D eigenvalue weighted by Crippen LogP contribution is -2.17. The molecule has 9 heteroatoms. The summed E-state index contributed by atoms with van der Waals surface area (Å²) in [6, 6.07) is 6.19. The zero-order valence-electron chi connectivity index (χ0n) is 14.9. The van der Waals surface area contributed by atoms with Crippen molar-refractivity contribution in [3.63, 3.8) is 0 Å². The molecular formula is C18H20F3N3O2S. The van der Waals surface area contributed by atoms with E-state index in [1.807, 2.05) is 0 Å². The number of anilines is 1. The molecule has 3 N–H and O–H groups in total. The molecule has 0 aromatic heterocycles. The number of thioether (sulfide) groups is 1. The van der Waals surface area contributed by atoms with Gasteiger partial charge in [0, 0.05) is 17.7 Å². The van der Waals surface area contributed by atoms with Crippen molar-refractivity contribution in [2.75, 3.05) is 11.6 Å². The first kappa shape index (κ1) is 22.5. The second-order valence-corrected chi connectivity index (χ2v) is 6.18. The van der Waals surface area contributed by atoms with Crippen LogP contribution in [0.25, 0.3) is 0 Å². The lowest BCUT2D eigenvalue weighted by Gasteiger charge is -2.13. The van der Waals surface area contributed by atoms with Gasteiger partial charge in [-0.05, 0) is 30.9 Å². The van der Waals surface area contributed by atoms with Crippen molar-refractivity contribution in [1.82, 2.24) is 0 Å². The van der Waals surface area contributed by atoms with E-state index in [1.54, 1.807) is 31.4 Å². The number of carbonyl (C=O) groups excluding carboxylic acids is 2. The van der Waals surface area contributed by atoms with Gasteiger partial charge in [-0.25, -0.2) is 0 Å². The second-order valence-electron chi connectivity index (χ2n) is 5.43. The number of benzene rings is 1. The summed E-state index contributed by atoms with van der Waals surface area (Å²) in [5.74, 6) is -0.518. The number of rotatable bonds is 7. The smallest absolute Gasteiger partial charge is 0.383 e. The number of hydrogen-bond acceptors (Lipinski definition) is 4. The predicted molar refractivity (Wildman–Crippen MR) is 103 cm³/mol. The van der Waals surface area contributed by atoms with Gasteiger partial charge in [-0.15, -0.1) is 0 Å². The maximum absolute atomic E-state index is 12.8. The molecule has 1 amide bonds. The topological polar surface area (TPSA) is 84.5 Å². The second kappa shape index (κ2) is 9.96. The van der Waals surface area contributed by atoms with Gasteiger partial charge in [0.25, 0.3) is 0 Å². The predicted octanol–water partition coefficient (Wildman–Crippen LogP) is 4.66. The number of Topliss-reactive ketones (excluding diaryl/α,β-unsaturated/α-hetero) is 1. The highest BCUT2D eigenvalue weighted by Crippen LogP contribution is 2.26. The van der Waals surface area contributed by atoms with E-state index < -0.39 is 22.8 Å². The van der Waals surface area contributed by atoms with Crippen LogP contribution in [-0.4, -0.2) is 29.3 Å². The highest BCUT2D eigenvalue weighted by Gasteiger charge is 2.31. The fourth-order valence-corrected chi connectivity index (χ4v) is 2.11. The maximum atomic E-state index is 12.8. The minimum Gasteiger partial charge on any atom is -0.383 e. The van der Waals surface area contributed by atoms with Crippen molar-refractivity contribution < 1.29 is 22.8 Å². The summed E-state index contributed by atoms with van der Waals surface area (Å²) in [6.07, 6.45) is -1.85. The van der Waals surface area contributed by atoms with Crippen LogP contribution in [0.3, 0.4) is 0 Å². The van der Waals surface area contributed by atoms with Crippen LogP contribution in [-0.2, 0) is 4.79 Å². The molecule has 146 valence electrons.